The highest BCUT2D eigenvalue weighted by atomic mass is 14.9. The molecule has 0 atom stereocenters. The van der Waals surface area contributed by atoms with Crippen molar-refractivity contribution in [1.29, 1.82) is 0 Å². The molecule has 1 aromatic heterocycles. The van der Waals surface area contributed by atoms with Gasteiger partial charge in [0.1, 0.15) is 0 Å². The molecule has 0 aliphatic heterocycles. The van der Waals surface area contributed by atoms with Crippen LogP contribution in [0.3, 0.4) is 0 Å². The fourth-order valence-electron chi connectivity index (χ4n) is 2.42. The Kier molecular flexibility index (Phi) is 3.00. The van der Waals surface area contributed by atoms with Crippen LogP contribution >= 0.6 is 0 Å². The fourth-order valence-corrected chi connectivity index (χ4v) is 2.42. The Labute approximate surface area is 113 Å². The van der Waals surface area contributed by atoms with Crippen LogP contribution in [0.4, 0.5) is 5.69 Å². The number of aryl methyl sites for hydroxylation is 3. The van der Waals surface area contributed by atoms with E-state index >= 15 is 0 Å². The summed E-state index contributed by atoms with van der Waals surface area (Å²) in [5, 5.41) is 1.31. The summed E-state index contributed by atoms with van der Waals surface area (Å²) in [6, 6.07) is 16.9. The lowest BCUT2D eigenvalue weighted by molar-refractivity contribution is 0.723. The maximum absolute atomic E-state index is 5.70. The van der Waals surface area contributed by atoms with Crippen molar-refractivity contribution in [2.45, 2.75) is 19.9 Å². The van der Waals surface area contributed by atoms with Crippen LogP contribution in [0.25, 0.3) is 10.9 Å². The first kappa shape index (κ1) is 11.8. The van der Waals surface area contributed by atoms with E-state index < -0.39 is 0 Å². The number of benzene rings is 2. The van der Waals surface area contributed by atoms with Gasteiger partial charge in [0.2, 0.25) is 0 Å². The first-order valence-corrected chi connectivity index (χ1v) is 6.62. The maximum Gasteiger partial charge on any atom is 0.0483 e. The van der Waals surface area contributed by atoms with Gasteiger partial charge in [0.25, 0.3) is 0 Å². The summed E-state index contributed by atoms with van der Waals surface area (Å²) in [7, 11) is 0. The zero-order chi connectivity index (χ0) is 13.2. The first-order chi connectivity index (χ1) is 9.22. The van der Waals surface area contributed by atoms with Crippen LogP contribution in [0, 0.1) is 6.92 Å². The lowest BCUT2D eigenvalue weighted by Gasteiger charge is -2.06. The summed E-state index contributed by atoms with van der Waals surface area (Å²) in [4.78, 5) is 0. The highest BCUT2D eigenvalue weighted by molar-refractivity contribution is 5.80. The van der Waals surface area contributed by atoms with Crippen molar-refractivity contribution in [2.24, 2.45) is 0 Å². The molecule has 1 heterocycles. The van der Waals surface area contributed by atoms with Gasteiger partial charge in [0.05, 0.1) is 0 Å². The normalized spacial score (nSPS) is 11.0. The van der Waals surface area contributed by atoms with E-state index in [-0.39, 0.29) is 0 Å². The van der Waals surface area contributed by atoms with Gasteiger partial charge in [0, 0.05) is 23.9 Å². The number of fused-ring (bicyclic) bond motifs is 1. The van der Waals surface area contributed by atoms with Crippen molar-refractivity contribution >= 4 is 16.6 Å². The first-order valence-electron chi connectivity index (χ1n) is 6.62. The molecule has 0 bridgehead atoms. The monoisotopic (exact) mass is 250 g/mol. The molecule has 2 heteroatoms. The molecule has 0 unspecified atom stereocenters. The number of aromatic nitrogens is 1. The second-order valence-electron chi connectivity index (χ2n) is 5.06. The van der Waals surface area contributed by atoms with E-state index in [4.69, 9.17) is 5.73 Å². The number of rotatable bonds is 3. The van der Waals surface area contributed by atoms with E-state index in [9.17, 15) is 0 Å². The van der Waals surface area contributed by atoms with E-state index in [0.717, 1.165) is 18.7 Å². The average molecular weight is 250 g/mol. The molecule has 3 rings (SSSR count). The fraction of sp³-hybridized carbons (Fsp3) is 0.176. The van der Waals surface area contributed by atoms with Gasteiger partial charge in [-0.1, -0.05) is 24.3 Å². The van der Waals surface area contributed by atoms with Gasteiger partial charge in [0.15, 0.2) is 0 Å². The molecule has 0 saturated carbocycles. The Hall–Kier alpha value is -2.22. The van der Waals surface area contributed by atoms with Gasteiger partial charge in [-0.2, -0.15) is 0 Å². The van der Waals surface area contributed by atoms with Gasteiger partial charge in [-0.3, -0.25) is 0 Å². The third kappa shape index (κ3) is 2.48. The summed E-state index contributed by atoms with van der Waals surface area (Å²) in [6.07, 6.45) is 3.19. The van der Waals surface area contributed by atoms with E-state index in [2.05, 4.69) is 54.1 Å². The minimum atomic E-state index is 0.825. The van der Waals surface area contributed by atoms with Gasteiger partial charge in [-0.05, 0) is 54.1 Å². The highest BCUT2D eigenvalue weighted by Crippen LogP contribution is 2.18. The van der Waals surface area contributed by atoms with Crippen molar-refractivity contribution < 1.29 is 0 Å². The van der Waals surface area contributed by atoms with Crippen LogP contribution in [-0.4, -0.2) is 4.57 Å². The Morgan fingerprint density at radius 1 is 1.00 bits per heavy atom. The topological polar surface area (TPSA) is 30.9 Å². The maximum atomic E-state index is 5.70. The van der Waals surface area contributed by atoms with Gasteiger partial charge in [-0.25, -0.2) is 0 Å². The quantitative estimate of drug-likeness (QED) is 0.705. The van der Waals surface area contributed by atoms with E-state index in [1.165, 1.54) is 22.0 Å². The molecule has 2 aromatic carbocycles. The Balaban J connectivity index is 1.81. The molecule has 2 nitrogen and oxygen atoms in total. The van der Waals surface area contributed by atoms with Crippen molar-refractivity contribution in [3.63, 3.8) is 0 Å². The van der Waals surface area contributed by atoms with Crippen LogP contribution in [0.5, 0.6) is 0 Å². The molecule has 0 spiro atoms. The molecular weight excluding hydrogens is 232 g/mol. The lowest BCUT2D eigenvalue weighted by Crippen LogP contribution is -2.00. The third-order valence-corrected chi connectivity index (χ3v) is 3.55. The summed E-state index contributed by atoms with van der Waals surface area (Å²) in [6.45, 7) is 3.13. The summed E-state index contributed by atoms with van der Waals surface area (Å²) >= 11 is 0. The van der Waals surface area contributed by atoms with Gasteiger partial charge < -0.3 is 10.3 Å². The van der Waals surface area contributed by atoms with Crippen LogP contribution in [0.2, 0.25) is 0 Å². The summed E-state index contributed by atoms with van der Waals surface area (Å²) < 4.78 is 2.32. The van der Waals surface area contributed by atoms with Crippen LogP contribution in [0.1, 0.15) is 11.1 Å². The van der Waals surface area contributed by atoms with Crippen molar-refractivity contribution in [3.8, 4) is 0 Å². The second kappa shape index (κ2) is 4.81. The minimum absolute atomic E-state index is 0.825. The predicted molar refractivity (Wildman–Crippen MR) is 81.2 cm³/mol. The van der Waals surface area contributed by atoms with Gasteiger partial charge in [-0.15, -0.1) is 0 Å². The molecule has 19 heavy (non-hydrogen) atoms. The summed E-state index contributed by atoms with van der Waals surface area (Å²) in [5.41, 5.74) is 10.5. The van der Waals surface area contributed by atoms with Crippen LogP contribution in [0.15, 0.2) is 54.7 Å². The molecule has 0 aliphatic carbocycles. The second-order valence-corrected chi connectivity index (χ2v) is 5.06. The van der Waals surface area contributed by atoms with E-state index in [1.54, 1.807) is 0 Å². The highest BCUT2D eigenvalue weighted by Gasteiger charge is 2.01. The number of nitrogens with two attached hydrogens (primary N) is 1. The SMILES string of the molecule is Cc1ccc2ccn(CCc3ccc(N)cc3)c2c1. The standard InChI is InChI=1S/C17H18N2/c1-13-2-5-15-9-11-19(17(15)12-13)10-8-14-3-6-16(18)7-4-14/h2-7,9,11-12H,8,10,18H2,1H3. The molecular formula is C17H18N2. The van der Waals surface area contributed by atoms with Crippen LogP contribution in [-0.2, 0) is 13.0 Å². The number of nitrogen functional groups attached to an aromatic ring is 1. The zero-order valence-electron chi connectivity index (χ0n) is 11.1. The smallest absolute Gasteiger partial charge is 0.0483 e. The lowest BCUT2D eigenvalue weighted by atomic mass is 10.1. The minimum Gasteiger partial charge on any atom is -0.399 e. The zero-order valence-corrected chi connectivity index (χ0v) is 11.1. The number of nitrogens with zero attached hydrogens (tertiary/aromatic N) is 1. The largest absolute Gasteiger partial charge is 0.399 e. The van der Waals surface area contributed by atoms with Crippen molar-refractivity contribution in [3.05, 3.63) is 65.9 Å². The molecule has 0 saturated heterocycles. The number of anilines is 1. The molecule has 96 valence electrons. The predicted octanol–water partition coefficient (Wildman–Crippen LogP) is 3.77. The number of hydrogen-bond donors (Lipinski definition) is 1. The average Bonchev–Trinajstić information content (AvgIpc) is 2.80. The van der Waals surface area contributed by atoms with Crippen molar-refractivity contribution in [2.75, 3.05) is 5.73 Å². The Bertz CT molecular complexity index is 693. The molecule has 0 aliphatic rings. The van der Waals surface area contributed by atoms with E-state index in [1.807, 2.05) is 12.1 Å². The molecule has 2 N–H and O–H groups in total. The molecule has 3 aromatic rings. The summed E-state index contributed by atoms with van der Waals surface area (Å²) in [5.74, 6) is 0. The van der Waals surface area contributed by atoms with Crippen LogP contribution < -0.4 is 5.73 Å². The Morgan fingerprint density at radius 3 is 2.58 bits per heavy atom. The van der Waals surface area contributed by atoms with E-state index in [0.29, 0.717) is 0 Å². The molecule has 0 radical (unpaired) electrons. The number of hydrogen-bond acceptors (Lipinski definition) is 1. The molecule has 0 fully saturated rings. The van der Waals surface area contributed by atoms with Crippen molar-refractivity contribution in [1.82, 2.24) is 4.57 Å². The van der Waals surface area contributed by atoms with Gasteiger partial charge >= 0.3 is 0 Å². The third-order valence-electron chi connectivity index (χ3n) is 3.55. The molecule has 0 amide bonds. The Morgan fingerprint density at radius 2 is 1.79 bits per heavy atom.